The predicted molar refractivity (Wildman–Crippen MR) is 79.8 cm³/mol. The van der Waals surface area contributed by atoms with Gasteiger partial charge in [-0.1, -0.05) is 12.1 Å². The number of aliphatic hydroxyl groups is 1. The Morgan fingerprint density at radius 2 is 1.60 bits per heavy atom. The predicted octanol–water partition coefficient (Wildman–Crippen LogP) is -0.161. The third-order valence-corrected chi connectivity index (χ3v) is 3.99. The van der Waals surface area contributed by atoms with E-state index in [4.69, 9.17) is 5.41 Å². The molecular formula is C15H25N4O+. The van der Waals surface area contributed by atoms with Crippen molar-refractivity contribution in [2.75, 3.05) is 26.2 Å². The number of hydrogen-bond donors (Lipinski definition) is 3. The summed E-state index contributed by atoms with van der Waals surface area (Å²) in [6.07, 6.45) is 0. The van der Waals surface area contributed by atoms with Gasteiger partial charge in [-0.25, -0.2) is 0 Å². The van der Waals surface area contributed by atoms with Gasteiger partial charge >= 0.3 is 0 Å². The van der Waals surface area contributed by atoms with Crippen molar-refractivity contribution >= 4 is 11.0 Å². The first-order valence-corrected chi connectivity index (χ1v) is 7.40. The van der Waals surface area contributed by atoms with Gasteiger partial charge in [0, 0.05) is 6.54 Å². The summed E-state index contributed by atoms with van der Waals surface area (Å²) >= 11 is 0. The van der Waals surface area contributed by atoms with E-state index >= 15 is 0 Å². The average molecular weight is 277 g/mol. The third-order valence-electron chi connectivity index (χ3n) is 3.99. The average Bonchev–Trinajstić information content (AvgIpc) is 2.74. The monoisotopic (exact) mass is 277 g/mol. The van der Waals surface area contributed by atoms with Gasteiger partial charge in [0.15, 0.2) is 0 Å². The third kappa shape index (κ3) is 2.78. The number of benzene rings is 1. The summed E-state index contributed by atoms with van der Waals surface area (Å²) in [5, 5.41) is 17.5. The van der Waals surface area contributed by atoms with Gasteiger partial charge in [0.2, 0.25) is 5.62 Å². The van der Waals surface area contributed by atoms with Crippen LogP contribution in [0.3, 0.4) is 0 Å². The van der Waals surface area contributed by atoms with Crippen molar-refractivity contribution in [3.63, 3.8) is 0 Å². The number of aliphatic hydroxyl groups excluding tert-OH is 1. The number of aromatic nitrogens is 2. The topological polar surface area (TPSA) is 58.4 Å². The molecule has 0 spiro atoms. The van der Waals surface area contributed by atoms with E-state index in [1.165, 1.54) is 4.90 Å². The number of rotatable bonds is 7. The van der Waals surface area contributed by atoms with Gasteiger partial charge < -0.3 is 19.1 Å². The van der Waals surface area contributed by atoms with Crippen LogP contribution in [0.25, 0.3) is 11.0 Å². The molecule has 110 valence electrons. The van der Waals surface area contributed by atoms with Crippen LogP contribution in [0.4, 0.5) is 0 Å². The molecule has 0 aliphatic heterocycles. The van der Waals surface area contributed by atoms with Crippen LogP contribution in [0.15, 0.2) is 24.3 Å². The lowest BCUT2D eigenvalue weighted by Gasteiger charge is -2.15. The molecule has 5 heteroatoms. The Balaban J connectivity index is 2.37. The van der Waals surface area contributed by atoms with Crippen molar-refractivity contribution in [3.05, 3.63) is 29.9 Å². The molecule has 0 saturated carbocycles. The minimum Gasteiger partial charge on any atom is -0.395 e. The van der Waals surface area contributed by atoms with Gasteiger partial charge in [-0.2, -0.15) is 0 Å². The van der Waals surface area contributed by atoms with Crippen molar-refractivity contribution in [1.29, 1.82) is 5.41 Å². The van der Waals surface area contributed by atoms with Gasteiger partial charge in [-0.05, 0) is 26.0 Å². The van der Waals surface area contributed by atoms with Crippen molar-refractivity contribution < 1.29 is 10.0 Å². The molecule has 1 aromatic carbocycles. The number of fused-ring (bicyclic) bond motifs is 1. The lowest BCUT2D eigenvalue weighted by atomic mass is 10.3. The van der Waals surface area contributed by atoms with Crippen molar-refractivity contribution in [2.45, 2.75) is 26.9 Å². The Labute approximate surface area is 119 Å². The molecule has 0 amide bonds. The van der Waals surface area contributed by atoms with Gasteiger partial charge in [0.05, 0.1) is 43.8 Å². The van der Waals surface area contributed by atoms with Crippen molar-refractivity contribution in [2.24, 2.45) is 0 Å². The smallest absolute Gasteiger partial charge is 0.203 e. The highest BCUT2D eigenvalue weighted by Crippen LogP contribution is 2.11. The largest absolute Gasteiger partial charge is 0.395 e. The highest BCUT2D eigenvalue weighted by molar-refractivity contribution is 5.75. The number of hydrogen-bond acceptors (Lipinski definition) is 2. The number of quaternary nitrogens is 1. The molecule has 0 radical (unpaired) electrons. The van der Waals surface area contributed by atoms with Crippen LogP contribution in [0.2, 0.25) is 0 Å². The van der Waals surface area contributed by atoms with Gasteiger partial charge in [0.1, 0.15) is 0 Å². The molecule has 0 aliphatic carbocycles. The first kappa shape index (κ1) is 14.8. The molecule has 2 rings (SSSR count). The molecule has 1 heterocycles. The second kappa shape index (κ2) is 6.72. The van der Waals surface area contributed by atoms with Gasteiger partial charge in [-0.3, -0.25) is 5.41 Å². The summed E-state index contributed by atoms with van der Waals surface area (Å²) in [5.41, 5.74) is 2.59. The summed E-state index contributed by atoms with van der Waals surface area (Å²) in [5.74, 6) is 0. The fourth-order valence-corrected chi connectivity index (χ4v) is 2.72. The zero-order chi connectivity index (χ0) is 14.5. The minimum atomic E-state index is 0.0614. The Bertz CT molecular complexity index is 610. The second-order valence-corrected chi connectivity index (χ2v) is 5.05. The lowest BCUT2D eigenvalue weighted by molar-refractivity contribution is -0.897. The van der Waals surface area contributed by atoms with Crippen LogP contribution in [0.1, 0.15) is 13.8 Å². The van der Waals surface area contributed by atoms with E-state index in [1.807, 2.05) is 22.8 Å². The Morgan fingerprint density at radius 1 is 1.05 bits per heavy atom. The van der Waals surface area contributed by atoms with Gasteiger partial charge in [-0.15, -0.1) is 0 Å². The Hall–Kier alpha value is -1.59. The number of para-hydroxylation sites is 2. The zero-order valence-corrected chi connectivity index (χ0v) is 12.4. The fraction of sp³-hybridized carbons (Fsp3) is 0.533. The lowest BCUT2D eigenvalue weighted by Crippen LogP contribution is -3.11. The highest BCUT2D eigenvalue weighted by atomic mass is 16.3. The van der Waals surface area contributed by atoms with E-state index in [0.717, 1.165) is 37.2 Å². The molecule has 0 bridgehead atoms. The molecule has 1 aromatic heterocycles. The second-order valence-electron chi connectivity index (χ2n) is 5.05. The van der Waals surface area contributed by atoms with E-state index in [1.54, 1.807) is 0 Å². The zero-order valence-electron chi connectivity index (χ0n) is 12.4. The van der Waals surface area contributed by atoms with E-state index in [0.29, 0.717) is 12.2 Å². The van der Waals surface area contributed by atoms with E-state index in [-0.39, 0.29) is 6.61 Å². The number of imidazole rings is 1. The quantitative estimate of drug-likeness (QED) is 0.647. The number of nitrogens with zero attached hydrogens (tertiary/aromatic N) is 2. The Kier molecular flexibility index (Phi) is 4.98. The molecular weight excluding hydrogens is 252 g/mol. The van der Waals surface area contributed by atoms with Crippen LogP contribution in [-0.4, -0.2) is 40.5 Å². The van der Waals surface area contributed by atoms with E-state index < -0.39 is 0 Å². The summed E-state index contributed by atoms with van der Waals surface area (Å²) in [4.78, 5) is 1.54. The maximum atomic E-state index is 9.19. The molecule has 0 atom stereocenters. The summed E-state index contributed by atoms with van der Waals surface area (Å²) < 4.78 is 3.93. The molecule has 20 heavy (non-hydrogen) atoms. The molecule has 2 aromatic rings. The van der Waals surface area contributed by atoms with Gasteiger partial charge in [0.25, 0.3) is 0 Å². The normalized spacial score (nSPS) is 11.6. The van der Waals surface area contributed by atoms with E-state index in [2.05, 4.69) is 24.5 Å². The van der Waals surface area contributed by atoms with E-state index in [9.17, 15) is 5.11 Å². The maximum Gasteiger partial charge on any atom is 0.203 e. The fourth-order valence-electron chi connectivity index (χ4n) is 2.72. The van der Waals surface area contributed by atoms with Crippen LogP contribution in [0.5, 0.6) is 0 Å². The minimum absolute atomic E-state index is 0.0614. The van der Waals surface area contributed by atoms with Crippen molar-refractivity contribution in [3.8, 4) is 0 Å². The van der Waals surface area contributed by atoms with Crippen LogP contribution < -0.4 is 10.5 Å². The molecule has 0 fully saturated rings. The highest BCUT2D eigenvalue weighted by Gasteiger charge is 2.11. The SMILES string of the molecule is CC[NH+](CC)CCn1c(=N)n(CCO)c2ccccc21. The van der Waals surface area contributed by atoms with Crippen LogP contribution in [-0.2, 0) is 13.1 Å². The molecule has 0 aliphatic rings. The summed E-state index contributed by atoms with van der Waals surface area (Å²) in [6, 6.07) is 8.06. The standard InChI is InChI=1S/C15H24N4O/c1-3-17(4-2)9-10-18-13-7-5-6-8-14(13)19(11-12-20)15(18)16/h5-8,16,20H,3-4,9-12H2,1-2H3/p+1. The number of nitrogens with one attached hydrogen (secondary N) is 2. The number of likely N-dealkylation sites (N-methyl/N-ethyl adjacent to an activating group) is 1. The summed E-state index contributed by atoms with van der Waals surface area (Å²) in [7, 11) is 0. The summed E-state index contributed by atoms with van der Waals surface area (Å²) in [6.45, 7) is 9.02. The van der Waals surface area contributed by atoms with Crippen molar-refractivity contribution in [1.82, 2.24) is 9.13 Å². The molecule has 5 nitrogen and oxygen atoms in total. The molecule has 0 saturated heterocycles. The van der Waals surface area contributed by atoms with Crippen LogP contribution >= 0.6 is 0 Å². The molecule has 0 unspecified atom stereocenters. The van der Waals surface area contributed by atoms with Crippen LogP contribution in [0, 0.1) is 5.41 Å². The maximum absolute atomic E-state index is 9.19. The first-order chi connectivity index (χ1) is 9.72. The Morgan fingerprint density at radius 3 is 2.10 bits per heavy atom. The first-order valence-electron chi connectivity index (χ1n) is 7.40. The molecule has 3 N–H and O–H groups in total.